The van der Waals surface area contributed by atoms with Crippen LogP contribution in [0.15, 0.2) is 60.8 Å². The minimum Gasteiger partial charge on any atom is -0.335 e. The van der Waals surface area contributed by atoms with Crippen molar-refractivity contribution in [3.63, 3.8) is 0 Å². The summed E-state index contributed by atoms with van der Waals surface area (Å²) >= 11 is 0. The quantitative estimate of drug-likeness (QED) is 0.389. The van der Waals surface area contributed by atoms with Gasteiger partial charge in [-0.2, -0.15) is 5.10 Å². The van der Waals surface area contributed by atoms with Crippen molar-refractivity contribution in [2.75, 3.05) is 27.2 Å². The van der Waals surface area contributed by atoms with E-state index in [1.165, 1.54) is 5.56 Å². The fourth-order valence-electron chi connectivity index (χ4n) is 4.16. The van der Waals surface area contributed by atoms with Gasteiger partial charge in [-0.05, 0) is 64.2 Å². The zero-order valence-electron chi connectivity index (χ0n) is 20.7. The summed E-state index contributed by atoms with van der Waals surface area (Å²) in [6, 6.07) is 18.8. The summed E-state index contributed by atoms with van der Waals surface area (Å²) in [7, 11) is 4.05. The minimum atomic E-state index is 0.0458. The van der Waals surface area contributed by atoms with Crippen LogP contribution in [0.3, 0.4) is 0 Å². The summed E-state index contributed by atoms with van der Waals surface area (Å²) in [6.07, 6.45) is 1.86. The molecule has 0 N–H and O–H groups in total. The van der Waals surface area contributed by atoms with Gasteiger partial charge in [0.1, 0.15) is 6.54 Å². The summed E-state index contributed by atoms with van der Waals surface area (Å²) in [4.78, 5) is 22.5. The number of amides is 1. The maximum atomic E-state index is 13.4. The van der Waals surface area contributed by atoms with Crippen LogP contribution in [0.4, 0.5) is 0 Å². The average Bonchev–Trinajstić information content (AvgIpc) is 3.20. The first-order valence-electron chi connectivity index (χ1n) is 11.7. The number of carbonyl (C=O) groups excluding carboxylic acids is 1. The lowest BCUT2D eigenvalue weighted by atomic mass is 10.00. The normalized spacial score (nSPS) is 11.4. The van der Waals surface area contributed by atoms with Gasteiger partial charge < -0.3 is 9.80 Å². The van der Waals surface area contributed by atoms with E-state index in [1.807, 2.05) is 38.2 Å². The van der Waals surface area contributed by atoms with E-state index in [9.17, 15) is 4.79 Å². The molecular weight excluding hydrogens is 422 g/mol. The number of nitrogens with zero attached hydrogens (tertiary/aromatic N) is 5. The lowest BCUT2D eigenvalue weighted by Gasteiger charge is -2.26. The van der Waals surface area contributed by atoms with Crippen molar-refractivity contribution in [2.24, 2.45) is 0 Å². The topological polar surface area (TPSA) is 54.3 Å². The first-order valence-corrected chi connectivity index (χ1v) is 11.7. The van der Waals surface area contributed by atoms with Crippen LogP contribution in [-0.2, 0) is 17.9 Å². The highest BCUT2D eigenvalue weighted by molar-refractivity contribution is 5.86. The monoisotopic (exact) mass is 455 g/mol. The molecule has 0 fully saturated rings. The zero-order valence-corrected chi connectivity index (χ0v) is 20.7. The SMILES string of the molecule is Cc1cccc(-c2nc3c(C)cccc3cc2CN(CCN(C)C)C(=O)Cn2ccc(C)n2)c1. The van der Waals surface area contributed by atoms with Crippen molar-refractivity contribution < 1.29 is 4.79 Å². The van der Waals surface area contributed by atoms with Gasteiger partial charge in [-0.1, -0.05) is 42.0 Å². The van der Waals surface area contributed by atoms with E-state index in [0.717, 1.165) is 45.5 Å². The third-order valence-corrected chi connectivity index (χ3v) is 6.02. The molecule has 2 aromatic carbocycles. The Morgan fingerprint density at radius 2 is 1.76 bits per heavy atom. The van der Waals surface area contributed by atoms with Crippen LogP contribution in [-0.4, -0.2) is 57.7 Å². The van der Waals surface area contributed by atoms with Gasteiger partial charge in [0.25, 0.3) is 0 Å². The first-order chi connectivity index (χ1) is 16.3. The molecule has 0 aliphatic rings. The Kier molecular flexibility index (Phi) is 7.08. The zero-order chi connectivity index (χ0) is 24.2. The number of rotatable bonds is 8. The van der Waals surface area contributed by atoms with E-state index in [2.05, 4.69) is 72.4 Å². The molecule has 0 bridgehead atoms. The number of aryl methyl sites for hydroxylation is 3. The molecule has 0 saturated heterocycles. The van der Waals surface area contributed by atoms with E-state index < -0.39 is 0 Å². The highest BCUT2D eigenvalue weighted by Crippen LogP contribution is 2.29. The number of aromatic nitrogens is 3. The molecular formula is C28H33N5O. The molecule has 176 valence electrons. The van der Waals surface area contributed by atoms with Crippen LogP contribution < -0.4 is 0 Å². The van der Waals surface area contributed by atoms with Crippen LogP contribution in [0, 0.1) is 20.8 Å². The summed E-state index contributed by atoms with van der Waals surface area (Å²) in [5.74, 6) is 0.0458. The van der Waals surface area contributed by atoms with Gasteiger partial charge in [-0.3, -0.25) is 9.48 Å². The van der Waals surface area contributed by atoms with Crippen molar-refractivity contribution in [1.82, 2.24) is 24.6 Å². The van der Waals surface area contributed by atoms with E-state index in [1.54, 1.807) is 4.68 Å². The number of carbonyl (C=O) groups is 1. The summed E-state index contributed by atoms with van der Waals surface area (Å²) in [5.41, 5.74) is 7.29. The smallest absolute Gasteiger partial charge is 0.244 e. The second-order valence-corrected chi connectivity index (χ2v) is 9.29. The Labute approximate surface area is 201 Å². The molecule has 2 heterocycles. The molecule has 0 aliphatic heterocycles. The molecule has 2 aromatic heterocycles. The Morgan fingerprint density at radius 3 is 2.47 bits per heavy atom. The number of benzene rings is 2. The van der Waals surface area contributed by atoms with Gasteiger partial charge in [0.15, 0.2) is 0 Å². The number of para-hydroxylation sites is 1. The molecule has 0 saturated carbocycles. The predicted molar refractivity (Wildman–Crippen MR) is 138 cm³/mol. The Balaban J connectivity index is 1.75. The molecule has 1 amide bonds. The number of hydrogen-bond donors (Lipinski definition) is 0. The average molecular weight is 456 g/mol. The Hall–Kier alpha value is -3.51. The molecule has 0 spiro atoms. The fraction of sp³-hybridized carbons (Fsp3) is 0.321. The van der Waals surface area contributed by atoms with Gasteiger partial charge in [0, 0.05) is 36.8 Å². The summed E-state index contributed by atoms with van der Waals surface area (Å²) < 4.78 is 1.71. The predicted octanol–water partition coefficient (Wildman–Crippen LogP) is 4.61. The van der Waals surface area contributed by atoms with E-state index in [-0.39, 0.29) is 12.5 Å². The van der Waals surface area contributed by atoms with E-state index in [4.69, 9.17) is 4.98 Å². The van der Waals surface area contributed by atoms with Crippen molar-refractivity contribution in [3.8, 4) is 11.3 Å². The number of pyridine rings is 1. The molecule has 6 nitrogen and oxygen atoms in total. The standard InChI is InChI=1S/C28H33N5O/c1-20-8-6-10-23(16-20)28-25(17-24-11-7-9-21(2)27(24)29-28)18-32(15-14-31(4)5)26(34)19-33-13-12-22(3)30-33/h6-13,16-17H,14-15,18-19H2,1-5H3. The van der Waals surface area contributed by atoms with Crippen molar-refractivity contribution in [3.05, 3.63) is 83.2 Å². The maximum absolute atomic E-state index is 13.4. The summed E-state index contributed by atoms with van der Waals surface area (Å²) in [5, 5.41) is 5.50. The molecule has 0 radical (unpaired) electrons. The third-order valence-electron chi connectivity index (χ3n) is 6.02. The van der Waals surface area contributed by atoms with Crippen LogP contribution in [0.2, 0.25) is 0 Å². The van der Waals surface area contributed by atoms with Gasteiger partial charge in [-0.15, -0.1) is 0 Å². The van der Waals surface area contributed by atoms with Gasteiger partial charge in [-0.25, -0.2) is 4.98 Å². The molecule has 4 aromatic rings. The lowest BCUT2D eigenvalue weighted by molar-refractivity contribution is -0.132. The maximum Gasteiger partial charge on any atom is 0.244 e. The fourth-order valence-corrected chi connectivity index (χ4v) is 4.16. The highest BCUT2D eigenvalue weighted by atomic mass is 16.2. The molecule has 6 heteroatoms. The summed E-state index contributed by atoms with van der Waals surface area (Å²) in [6.45, 7) is 8.24. The lowest BCUT2D eigenvalue weighted by Crippen LogP contribution is -2.38. The Bertz CT molecular complexity index is 1310. The Morgan fingerprint density at radius 1 is 0.971 bits per heavy atom. The molecule has 4 rings (SSSR count). The minimum absolute atomic E-state index is 0.0458. The van der Waals surface area contributed by atoms with Crippen LogP contribution in [0.25, 0.3) is 22.2 Å². The van der Waals surface area contributed by atoms with Crippen LogP contribution in [0.5, 0.6) is 0 Å². The largest absolute Gasteiger partial charge is 0.335 e. The second kappa shape index (κ2) is 10.2. The first kappa shape index (κ1) is 23.6. The third kappa shape index (κ3) is 5.51. The second-order valence-electron chi connectivity index (χ2n) is 9.29. The molecule has 0 aliphatic carbocycles. The molecule has 34 heavy (non-hydrogen) atoms. The van der Waals surface area contributed by atoms with Crippen molar-refractivity contribution >= 4 is 16.8 Å². The highest BCUT2D eigenvalue weighted by Gasteiger charge is 2.19. The van der Waals surface area contributed by atoms with Crippen LogP contribution in [0.1, 0.15) is 22.4 Å². The van der Waals surface area contributed by atoms with E-state index in [0.29, 0.717) is 13.1 Å². The van der Waals surface area contributed by atoms with Gasteiger partial charge in [0.2, 0.25) is 5.91 Å². The number of hydrogen-bond acceptors (Lipinski definition) is 4. The van der Waals surface area contributed by atoms with E-state index >= 15 is 0 Å². The molecule has 0 unspecified atom stereocenters. The van der Waals surface area contributed by atoms with Crippen molar-refractivity contribution in [2.45, 2.75) is 33.9 Å². The number of likely N-dealkylation sites (N-methyl/N-ethyl adjacent to an activating group) is 1. The van der Waals surface area contributed by atoms with Gasteiger partial charge >= 0.3 is 0 Å². The number of fused-ring (bicyclic) bond motifs is 1. The molecule has 0 atom stereocenters. The van der Waals surface area contributed by atoms with Crippen LogP contribution >= 0.6 is 0 Å². The van der Waals surface area contributed by atoms with Gasteiger partial charge in [0.05, 0.1) is 16.9 Å². The van der Waals surface area contributed by atoms with Crippen molar-refractivity contribution in [1.29, 1.82) is 0 Å².